The summed E-state index contributed by atoms with van der Waals surface area (Å²) in [7, 11) is 0. The number of fused-ring (bicyclic) bond motifs is 2. The van der Waals surface area contributed by atoms with Crippen molar-refractivity contribution in [1.29, 1.82) is 0 Å². The number of imidazole rings is 2. The quantitative estimate of drug-likeness (QED) is 0.160. The summed E-state index contributed by atoms with van der Waals surface area (Å²) in [5.41, 5.74) is 7.97. The molecule has 0 atom stereocenters. The zero-order valence-corrected chi connectivity index (χ0v) is 24.1. The van der Waals surface area contributed by atoms with E-state index in [1.165, 1.54) is 25.7 Å². The highest BCUT2D eigenvalue weighted by atomic mass is 16.3. The van der Waals surface area contributed by atoms with Crippen LogP contribution in [-0.4, -0.2) is 39.0 Å². The Morgan fingerprint density at radius 3 is 1.35 bits per heavy atom. The van der Waals surface area contributed by atoms with Crippen LogP contribution in [0.1, 0.15) is 88.0 Å². The normalized spacial score (nSPS) is 11.7. The van der Waals surface area contributed by atoms with Crippen LogP contribution < -0.4 is 0 Å². The average molecular weight is 541 g/mol. The lowest BCUT2D eigenvalue weighted by molar-refractivity contribution is 0.443. The third kappa shape index (κ3) is 5.53. The Balaban J connectivity index is 1.48. The molecule has 4 heterocycles. The first-order valence-corrected chi connectivity index (χ1v) is 14.7. The van der Waals surface area contributed by atoms with E-state index in [0.29, 0.717) is 11.4 Å². The number of aromatic hydroxyl groups is 2. The zero-order valence-electron chi connectivity index (χ0n) is 24.1. The van der Waals surface area contributed by atoms with Crippen molar-refractivity contribution in [1.82, 2.24) is 28.7 Å². The fourth-order valence-corrected chi connectivity index (χ4v) is 5.28. The van der Waals surface area contributed by atoms with Crippen LogP contribution in [-0.2, 0) is 12.8 Å². The van der Waals surface area contributed by atoms with Gasteiger partial charge >= 0.3 is 0 Å². The highest BCUT2D eigenvalue weighted by Crippen LogP contribution is 2.30. The Kier molecular flexibility index (Phi) is 8.33. The second kappa shape index (κ2) is 12.1. The van der Waals surface area contributed by atoms with E-state index in [0.717, 1.165) is 83.7 Å². The van der Waals surface area contributed by atoms with Crippen molar-refractivity contribution in [3.8, 4) is 34.3 Å². The minimum absolute atomic E-state index is 0.157. The standard InChI is InChI=1S/C32H40N6O2/c1-5-7-9-11-13-25-29-33-21(3)31(39)37(29)19-27(35-25)23-15-17-24(18-16-23)28-20-38-30(34-22(4)32(38)40)26(36-28)14-12-10-8-6-2/h15-20,39-40H,5-14H2,1-4H3. The van der Waals surface area contributed by atoms with E-state index in [-0.39, 0.29) is 11.8 Å². The van der Waals surface area contributed by atoms with E-state index >= 15 is 0 Å². The van der Waals surface area contributed by atoms with Crippen molar-refractivity contribution < 1.29 is 10.2 Å². The number of rotatable bonds is 12. The molecule has 1 aromatic carbocycles. The van der Waals surface area contributed by atoms with Crippen molar-refractivity contribution in [2.24, 2.45) is 0 Å². The third-order valence-corrected chi connectivity index (χ3v) is 7.65. The largest absolute Gasteiger partial charge is 0.493 e. The summed E-state index contributed by atoms with van der Waals surface area (Å²) in [6.45, 7) is 8.05. The molecule has 0 aliphatic rings. The van der Waals surface area contributed by atoms with Gasteiger partial charge in [-0.15, -0.1) is 0 Å². The molecule has 0 aliphatic carbocycles. The van der Waals surface area contributed by atoms with Gasteiger partial charge in [0.1, 0.15) is 11.4 Å². The second-order valence-electron chi connectivity index (χ2n) is 10.8. The maximum atomic E-state index is 10.7. The lowest BCUT2D eigenvalue weighted by atomic mass is 10.1. The first-order chi connectivity index (χ1) is 19.4. The van der Waals surface area contributed by atoms with Crippen LogP contribution in [0.3, 0.4) is 0 Å². The van der Waals surface area contributed by atoms with Crippen molar-refractivity contribution in [3.63, 3.8) is 0 Å². The smallest absolute Gasteiger partial charge is 0.219 e. The molecule has 2 N–H and O–H groups in total. The van der Waals surface area contributed by atoms with Crippen molar-refractivity contribution in [2.45, 2.75) is 91.9 Å². The number of hydrogen-bond acceptors (Lipinski definition) is 6. The van der Waals surface area contributed by atoms with Gasteiger partial charge in [-0.25, -0.2) is 19.9 Å². The van der Waals surface area contributed by atoms with Gasteiger partial charge in [-0.05, 0) is 39.5 Å². The van der Waals surface area contributed by atoms with Gasteiger partial charge in [0.25, 0.3) is 0 Å². The Labute approximate surface area is 235 Å². The average Bonchev–Trinajstić information content (AvgIpc) is 3.42. The molecule has 4 aromatic heterocycles. The molecule has 0 amide bonds. The number of aryl methyl sites for hydroxylation is 4. The van der Waals surface area contributed by atoms with Crippen LogP contribution in [0.4, 0.5) is 0 Å². The zero-order chi connectivity index (χ0) is 28.2. The summed E-state index contributed by atoms with van der Waals surface area (Å²) in [5, 5.41) is 21.3. The summed E-state index contributed by atoms with van der Waals surface area (Å²) in [6, 6.07) is 8.15. The van der Waals surface area contributed by atoms with Gasteiger partial charge in [0.05, 0.1) is 22.8 Å². The van der Waals surface area contributed by atoms with E-state index in [1.807, 2.05) is 50.5 Å². The number of hydrogen-bond donors (Lipinski definition) is 2. The molecule has 40 heavy (non-hydrogen) atoms. The fourth-order valence-electron chi connectivity index (χ4n) is 5.28. The van der Waals surface area contributed by atoms with Gasteiger partial charge < -0.3 is 10.2 Å². The Bertz CT molecular complexity index is 1500. The molecule has 0 radical (unpaired) electrons. The molecule has 5 rings (SSSR count). The van der Waals surface area contributed by atoms with Crippen LogP contribution >= 0.6 is 0 Å². The van der Waals surface area contributed by atoms with Gasteiger partial charge in [-0.1, -0.05) is 76.6 Å². The van der Waals surface area contributed by atoms with Gasteiger partial charge in [0, 0.05) is 23.5 Å². The van der Waals surface area contributed by atoms with E-state index in [2.05, 4.69) is 23.8 Å². The Morgan fingerprint density at radius 1 is 0.575 bits per heavy atom. The molecule has 0 saturated carbocycles. The molecule has 8 nitrogen and oxygen atoms in total. The molecule has 0 saturated heterocycles. The van der Waals surface area contributed by atoms with E-state index in [4.69, 9.17) is 9.97 Å². The monoisotopic (exact) mass is 540 g/mol. The first kappa shape index (κ1) is 27.6. The summed E-state index contributed by atoms with van der Waals surface area (Å²) >= 11 is 0. The molecule has 8 heteroatoms. The van der Waals surface area contributed by atoms with E-state index in [9.17, 15) is 10.2 Å². The molecule has 0 fully saturated rings. The Hall–Kier alpha value is -3.94. The van der Waals surface area contributed by atoms with Crippen molar-refractivity contribution >= 4 is 11.3 Å². The van der Waals surface area contributed by atoms with Crippen molar-refractivity contribution in [2.75, 3.05) is 0 Å². The molecule has 210 valence electrons. The minimum atomic E-state index is 0.157. The molecule has 0 unspecified atom stereocenters. The molecule has 5 aromatic rings. The highest BCUT2D eigenvalue weighted by Gasteiger charge is 2.17. The van der Waals surface area contributed by atoms with Crippen LogP contribution in [0, 0.1) is 13.8 Å². The number of benzene rings is 1. The van der Waals surface area contributed by atoms with Gasteiger partial charge in [-0.3, -0.25) is 8.80 Å². The summed E-state index contributed by atoms with van der Waals surface area (Å²) in [6.07, 6.45) is 14.5. The summed E-state index contributed by atoms with van der Waals surface area (Å²) < 4.78 is 3.51. The molecular weight excluding hydrogens is 500 g/mol. The van der Waals surface area contributed by atoms with Crippen LogP contribution in [0.25, 0.3) is 33.8 Å². The lowest BCUT2D eigenvalue weighted by Gasteiger charge is -2.10. The fraction of sp³-hybridized carbons (Fsp3) is 0.438. The van der Waals surface area contributed by atoms with Crippen molar-refractivity contribution in [3.05, 3.63) is 59.4 Å². The van der Waals surface area contributed by atoms with Gasteiger partial charge in [0.2, 0.25) is 11.8 Å². The molecule has 0 aliphatic heterocycles. The second-order valence-corrected chi connectivity index (χ2v) is 10.8. The first-order valence-electron chi connectivity index (χ1n) is 14.7. The predicted molar refractivity (Wildman–Crippen MR) is 159 cm³/mol. The highest BCUT2D eigenvalue weighted by molar-refractivity contribution is 5.69. The van der Waals surface area contributed by atoms with Crippen LogP contribution in [0.2, 0.25) is 0 Å². The van der Waals surface area contributed by atoms with Crippen LogP contribution in [0.5, 0.6) is 11.8 Å². The number of aromatic nitrogens is 6. The molecular formula is C32H40N6O2. The topological polar surface area (TPSA) is 101 Å². The maximum Gasteiger partial charge on any atom is 0.219 e. The maximum absolute atomic E-state index is 10.7. The van der Waals surface area contributed by atoms with E-state index in [1.54, 1.807) is 8.80 Å². The Morgan fingerprint density at radius 2 is 0.975 bits per heavy atom. The van der Waals surface area contributed by atoms with Gasteiger partial charge in [-0.2, -0.15) is 0 Å². The van der Waals surface area contributed by atoms with E-state index < -0.39 is 0 Å². The number of unbranched alkanes of at least 4 members (excludes halogenated alkanes) is 6. The minimum Gasteiger partial charge on any atom is -0.493 e. The SMILES string of the molecule is CCCCCCc1nc(-c2ccc(-c3cn4c(O)c(C)nc4c(CCCCCC)n3)cc2)cn2c(O)c(C)nc12. The lowest BCUT2D eigenvalue weighted by Crippen LogP contribution is -2.01. The van der Waals surface area contributed by atoms with Gasteiger partial charge in [0.15, 0.2) is 11.3 Å². The molecule has 0 bridgehead atoms. The summed E-state index contributed by atoms with van der Waals surface area (Å²) in [4.78, 5) is 19.2. The predicted octanol–water partition coefficient (Wildman–Crippen LogP) is 7.38. The molecule has 0 spiro atoms. The third-order valence-electron chi connectivity index (χ3n) is 7.65. The number of nitrogens with zero attached hydrogens (tertiary/aromatic N) is 6. The summed E-state index contributed by atoms with van der Waals surface area (Å²) in [5.74, 6) is 0.314. The van der Waals surface area contributed by atoms with Crippen LogP contribution in [0.15, 0.2) is 36.7 Å².